The molecule has 3 aromatic carbocycles. The molecule has 3 nitrogen and oxygen atoms in total. The van der Waals surface area contributed by atoms with E-state index in [1.54, 1.807) is 11.3 Å². The van der Waals surface area contributed by atoms with Crippen molar-refractivity contribution in [3.8, 4) is 38.7 Å². The summed E-state index contributed by atoms with van der Waals surface area (Å²) >= 11 is 1.69. The molecule has 0 bridgehead atoms. The van der Waals surface area contributed by atoms with Crippen LogP contribution < -0.4 is 5.19 Å². The molecule has 0 aliphatic rings. The number of hydrogen-bond donors (Lipinski definition) is 1. The molecule has 2 aromatic heterocycles. The first-order chi connectivity index (χ1) is 19.3. The van der Waals surface area contributed by atoms with Crippen molar-refractivity contribution in [1.29, 1.82) is 0 Å². The van der Waals surface area contributed by atoms with E-state index < -0.39 is 8.07 Å². The third kappa shape index (κ3) is 5.88. The van der Waals surface area contributed by atoms with Crippen LogP contribution in [0, 0.1) is 0 Å². The predicted octanol–water partition coefficient (Wildman–Crippen LogP) is 10.3. The van der Waals surface area contributed by atoms with Crippen LogP contribution in [0.2, 0.25) is 19.6 Å². The summed E-state index contributed by atoms with van der Waals surface area (Å²) in [6, 6.07) is 22.0. The smallest absolute Gasteiger partial charge is 0.129 e. The summed E-state index contributed by atoms with van der Waals surface area (Å²) in [4.78, 5) is 9.95. The average Bonchev–Trinajstić information content (AvgIpc) is 3.36. The van der Waals surface area contributed by atoms with Crippen molar-refractivity contribution in [2.75, 3.05) is 0 Å². The quantitative estimate of drug-likeness (QED) is 0.195. The summed E-state index contributed by atoms with van der Waals surface area (Å²) in [5.74, 6) is 1.32. The average molecular weight is 579 g/mol. The van der Waals surface area contributed by atoms with Crippen molar-refractivity contribution in [3.63, 3.8) is 0 Å². The predicted molar refractivity (Wildman–Crippen MR) is 181 cm³/mol. The number of rotatable bonds is 7. The summed E-state index contributed by atoms with van der Waals surface area (Å²) in [7, 11) is -1.64. The lowest BCUT2D eigenvalue weighted by atomic mass is 9.92. The molecule has 0 fully saturated rings. The van der Waals surface area contributed by atoms with E-state index in [9.17, 15) is 5.11 Å². The van der Waals surface area contributed by atoms with Gasteiger partial charge in [-0.2, -0.15) is 0 Å². The zero-order valence-electron chi connectivity index (χ0n) is 25.8. The zero-order chi connectivity index (χ0) is 29.6. The van der Waals surface area contributed by atoms with Crippen LogP contribution in [0.1, 0.15) is 76.0 Å². The lowest BCUT2D eigenvalue weighted by molar-refractivity contribution is 0.466. The van der Waals surface area contributed by atoms with E-state index in [4.69, 9.17) is 4.98 Å². The number of nitrogens with zero attached hydrogens (tertiary/aromatic N) is 2. The molecule has 0 unspecified atom stereocenters. The Morgan fingerprint density at radius 1 is 0.732 bits per heavy atom. The highest BCUT2D eigenvalue weighted by molar-refractivity contribution is 7.22. The molecular formula is C36H42N2OSSi. The topological polar surface area (TPSA) is 46.0 Å². The second-order valence-corrected chi connectivity index (χ2v) is 19.3. The Labute approximate surface area is 250 Å². The molecule has 0 spiro atoms. The number of hydrogen-bond acceptors (Lipinski definition) is 4. The molecule has 0 aliphatic heterocycles. The van der Waals surface area contributed by atoms with E-state index in [0.717, 1.165) is 38.5 Å². The lowest BCUT2D eigenvalue weighted by Gasteiger charge is -2.19. The third-order valence-electron chi connectivity index (χ3n) is 7.94. The second-order valence-electron chi connectivity index (χ2n) is 13.2. The molecular weight excluding hydrogens is 537 g/mol. The molecule has 212 valence electrons. The van der Waals surface area contributed by atoms with Gasteiger partial charge in [-0.15, -0.1) is 11.3 Å². The molecule has 1 N–H and O–H groups in total. The lowest BCUT2D eigenvalue weighted by Crippen LogP contribution is -2.37. The first-order valence-corrected chi connectivity index (χ1v) is 19.0. The molecule has 41 heavy (non-hydrogen) atoms. The third-order valence-corrected chi connectivity index (χ3v) is 11.0. The molecule has 0 radical (unpaired) electrons. The maximum Gasteiger partial charge on any atom is 0.129 e. The van der Waals surface area contributed by atoms with Crippen molar-refractivity contribution in [1.82, 2.24) is 9.97 Å². The van der Waals surface area contributed by atoms with Gasteiger partial charge >= 0.3 is 0 Å². The van der Waals surface area contributed by atoms with Gasteiger partial charge in [-0.05, 0) is 76.4 Å². The van der Waals surface area contributed by atoms with Gasteiger partial charge in [-0.25, -0.2) is 4.98 Å². The van der Waals surface area contributed by atoms with Crippen LogP contribution >= 0.6 is 11.3 Å². The van der Waals surface area contributed by atoms with Crippen LogP contribution in [0.15, 0.2) is 66.9 Å². The minimum absolute atomic E-state index is 0.222. The first kappa shape index (κ1) is 29.2. The van der Waals surface area contributed by atoms with Crippen molar-refractivity contribution in [2.45, 2.75) is 78.9 Å². The Morgan fingerprint density at radius 2 is 1.41 bits per heavy atom. The maximum absolute atomic E-state index is 11.4. The number of aromatic hydroxyl groups is 1. The Bertz CT molecular complexity index is 1710. The monoisotopic (exact) mass is 578 g/mol. The highest BCUT2D eigenvalue weighted by Crippen LogP contribution is 2.43. The Hall–Kier alpha value is -3.28. The van der Waals surface area contributed by atoms with E-state index in [-0.39, 0.29) is 5.92 Å². The molecule has 0 saturated heterocycles. The van der Waals surface area contributed by atoms with Crippen molar-refractivity contribution >= 4 is 34.8 Å². The van der Waals surface area contributed by atoms with Crippen molar-refractivity contribution < 1.29 is 5.11 Å². The summed E-state index contributed by atoms with van der Waals surface area (Å²) in [6.07, 6.45) is 1.86. The SMILES string of the molecule is CC(C)c1cc(-c2ccccn2)cc(-c2cc([Si](C)(C)C)cc3sc(-c4cc(C(C)C)cc(C(C)C)c4O)nc23)c1. The normalized spacial score (nSPS) is 12.3. The molecule has 2 heterocycles. The van der Waals surface area contributed by atoms with Gasteiger partial charge in [0.05, 0.1) is 29.5 Å². The number of phenols is 1. The van der Waals surface area contributed by atoms with Gasteiger partial charge in [-0.1, -0.05) is 90.6 Å². The molecule has 0 saturated carbocycles. The largest absolute Gasteiger partial charge is 0.507 e. The summed E-state index contributed by atoms with van der Waals surface area (Å²) < 4.78 is 1.17. The van der Waals surface area contributed by atoms with E-state index >= 15 is 0 Å². The van der Waals surface area contributed by atoms with Crippen LogP contribution in [0.4, 0.5) is 0 Å². The molecule has 5 heteroatoms. The number of aromatic nitrogens is 2. The van der Waals surface area contributed by atoms with Gasteiger partial charge in [0.25, 0.3) is 0 Å². The van der Waals surface area contributed by atoms with Gasteiger partial charge in [0.2, 0.25) is 0 Å². The number of benzene rings is 3. The fraction of sp³-hybridized carbons (Fsp3) is 0.333. The number of pyridine rings is 1. The van der Waals surface area contributed by atoms with Gasteiger partial charge in [0.15, 0.2) is 0 Å². The Balaban J connectivity index is 1.80. The Morgan fingerprint density at radius 3 is 2.02 bits per heavy atom. The Kier molecular flexibility index (Phi) is 7.97. The standard InChI is InChI=1S/C36H42N2OSSi/c1-21(2)24-14-26(16-27(15-24)32-12-10-11-13-37-32)30-19-28(41(7,8)9)20-33-34(30)38-36(40-33)31-18-25(22(3)4)17-29(23(5)6)35(31)39/h10-23,39H,1-9H3. The molecule has 0 atom stereocenters. The van der Waals surface area contributed by atoms with Gasteiger partial charge in [0.1, 0.15) is 10.8 Å². The van der Waals surface area contributed by atoms with Crippen LogP contribution in [-0.2, 0) is 0 Å². The fourth-order valence-corrected chi connectivity index (χ4v) is 7.54. The number of thiazole rings is 1. The highest BCUT2D eigenvalue weighted by Gasteiger charge is 2.24. The van der Waals surface area contributed by atoms with Gasteiger partial charge in [0, 0.05) is 17.3 Å². The number of phenolic OH excluding ortho intramolecular Hbond substituents is 1. The molecule has 0 amide bonds. The molecule has 5 rings (SSSR count). The van der Waals surface area contributed by atoms with Gasteiger partial charge < -0.3 is 5.11 Å². The zero-order valence-corrected chi connectivity index (χ0v) is 27.6. The van der Waals surface area contributed by atoms with Crippen LogP contribution in [0.3, 0.4) is 0 Å². The van der Waals surface area contributed by atoms with Crippen molar-refractivity contribution in [3.05, 3.63) is 83.6 Å². The van der Waals surface area contributed by atoms with E-state index in [2.05, 4.69) is 115 Å². The fourth-order valence-electron chi connectivity index (χ4n) is 5.24. The summed E-state index contributed by atoms with van der Waals surface area (Å²) in [6.45, 7) is 20.4. The van der Waals surface area contributed by atoms with E-state index in [1.165, 1.54) is 26.6 Å². The van der Waals surface area contributed by atoms with Crippen LogP contribution in [-0.4, -0.2) is 23.1 Å². The molecule has 5 aromatic rings. The van der Waals surface area contributed by atoms with Crippen molar-refractivity contribution in [2.24, 2.45) is 0 Å². The minimum Gasteiger partial charge on any atom is -0.507 e. The minimum atomic E-state index is -1.64. The summed E-state index contributed by atoms with van der Waals surface area (Å²) in [5, 5.41) is 13.7. The van der Waals surface area contributed by atoms with E-state index in [0.29, 0.717) is 17.6 Å². The summed E-state index contributed by atoms with van der Waals surface area (Å²) in [5.41, 5.74) is 9.77. The first-order valence-electron chi connectivity index (χ1n) is 14.7. The number of fused-ring (bicyclic) bond motifs is 1. The highest BCUT2D eigenvalue weighted by atomic mass is 32.1. The van der Waals surface area contributed by atoms with E-state index in [1.807, 2.05) is 18.3 Å². The molecule has 0 aliphatic carbocycles. The van der Waals surface area contributed by atoms with Crippen LogP contribution in [0.5, 0.6) is 5.75 Å². The van der Waals surface area contributed by atoms with Crippen LogP contribution in [0.25, 0.3) is 43.2 Å². The second kappa shape index (κ2) is 11.2. The van der Waals surface area contributed by atoms with Gasteiger partial charge in [-0.3, -0.25) is 4.98 Å². The maximum atomic E-state index is 11.4.